The van der Waals surface area contributed by atoms with Gasteiger partial charge in [-0.05, 0) is 11.5 Å². The maximum atomic E-state index is 12.3. The number of piperazine rings is 1. The van der Waals surface area contributed by atoms with E-state index in [1.807, 2.05) is 19.9 Å². The van der Waals surface area contributed by atoms with E-state index in [-0.39, 0.29) is 23.7 Å². The third kappa shape index (κ3) is 7.00. The van der Waals surface area contributed by atoms with Gasteiger partial charge in [-0.1, -0.05) is 44.2 Å². The highest BCUT2D eigenvalue weighted by atomic mass is 16.5. The highest BCUT2D eigenvalue weighted by Crippen LogP contribution is 2.12. The molecule has 0 saturated carbocycles. The minimum absolute atomic E-state index is 0.0612. The van der Waals surface area contributed by atoms with E-state index in [2.05, 4.69) is 39.4 Å². The van der Waals surface area contributed by atoms with Crippen LogP contribution in [0.4, 0.5) is 0 Å². The van der Waals surface area contributed by atoms with Gasteiger partial charge in [0.15, 0.2) is 6.61 Å². The van der Waals surface area contributed by atoms with Gasteiger partial charge in [0.05, 0.1) is 6.54 Å². The van der Waals surface area contributed by atoms with Crippen LogP contribution >= 0.6 is 0 Å². The Morgan fingerprint density at radius 3 is 2.40 bits per heavy atom. The second-order valence-corrected chi connectivity index (χ2v) is 8.10. The van der Waals surface area contributed by atoms with Crippen molar-refractivity contribution in [1.82, 2.24) is 15.1 Å². The molecule has 1 aliphatic heterocycles. The monoisotopic (exact) mass is 413 g/mol. The van der Waals surface area contributed by atoms with E-state index in [0.29, 0.717) is 24.8 Å². The number of hydrogen-bond donors (Lipinski definition) is 1. The van der Waals surface area contributed by atoms with Crippen LogP contribution in [0.5, 0.6) is 5.75 Å². The van der Waals surface area contributed by atoms with E-state index in [1.165, 1.54) is 17.9 Å². The third-order valence-corrected chi connectivity index (χ3v) is 5.01. The Balaban J connectivity index is 1.43. The maximum Gasteiger partial charge on any atom is 0.257 e. The Bertz CT molecular complexity index is 858. The molecule has 0 spiro atoms. The Kier molecular flexibility index (Phi) is 8.04. The average molecular weight is 414 g/mol. The zero-order chi connectivity index (χ0) is 21.3. The minimum atomic E-state index is -0.268. The van der Waals surface area contributed by atoms with Gasteiger partial charge in [-0.3, -0.25) is 19.4 Å². The van der Waals surface area contributed by atoms with E-state index >= 15 is 0 Å². The first-order valence-electron chi connectivity index (χ1n) is 10.5. The van der Waals surface area contributed by atoms with Gasteiger partial charge in [-0.15, -0.1) is 0 Å². The van der Waals surface area contributed by atoms with Gasteiger partial charge < -0.3 is 14.5 Å². The number of ether oxygens (including phenoxy) is 1. The summed E-state index contributed by atoms with van der Waals surface area (Å²) in [7, 11) is 0. The minimum Gasteiger partial charge on any atom is -0.477 e. The summed E-state index contributed by atoms with van der Waals surface area (Å²) < 4.78 is 10.9. The largest absolute Gasteiger partial charge is 0.477 e. The summed E-state index contributed by atoms with van der Waals surface area (Å²) in [4.78, 5) is 28.7. The van der Waals surface area contributed by atoms with Gasteiger partial charge in [0.25, 0.3) is 5.91 Å². The van der Waals surface area contributed by atoms with E-state index in [4.69, 9.17) is 9.15 Å². The van der Waals surface area contributed by atoms with Crippen LogP contribution in [0.25, 0.3) is 0 Å². The summed E-state index contributed by atoms with van der Waals surface area (Å²) in [5.41, 5.74) is 1.06. The molecule has 1 aromatic carbocycles. The quantitative estimate of drug-likeness (QED) is 0.679. The van der Waals surface area contributed by atoms with Crippen molar-refractivity contribution in [2.45, 2.75) is 26.9 Å². The van der Waals surface area contributed by atoms with Crippen molar-refractivity contribution in [2.24, 2.45) is 5.92 Å². The van der Waals surface area contributed by atoms with E-state index < -0.39 is 0 Å². The lowest BCUT2D eigenvalue weighted by Gasteiger charge is -2.34. The maximum absolute atomic E-state index is 12.3. The van der Waals surface area contributed by atoms with Crippen molar-refractivity contribution in [3.63, 3.8) is 0 Å². The Labute approximate surface area is 177 Å². The second kappa shape index (κ2) is 10.9. The standard InChI is InChI=1S/C23H31N3O4/c1-18(2)13-24-23(28)17-30-22-16-29-20(12-21(22)27)15-26-10-8-25(9-11-26)14-19-6-4-3-5-7-19/h3-7,12,16,18H,8-11,13-15,17H2,1-2H3,(H,24,28). The number of carbonyl (C=O) groups is 1. The smallest absolute Gasteiger partial charge is 0.257 e. The molecule has 1 saturated heterocycles. The lowest BCUT2D eigenvalue weighted by Crippen LogP contribution is -2.45. The van der Waals surface area contributed by atoms with E-state index in [1.54, 1.807) is 0 Å². The van der Waals surface area contributed by atoms with Gasteiger partial charge in [0.1, 0.15) is 12.0 Å². The molecule has 0 bridgehead atoms. The molecule has 1 N–H and O–H groups in total. The normalized spacial score (nSPS) is 15.3. The van der Waals surface area contributed by atoms with Gasteiger partial charge in [0, 0.05) is 45.3 Å². The van der Waals surface area contributed by atoms with Gasteiger partial charge in [0.2, 0.25) is 11.2 Å². The van der Waals surface area contributed by atoms with Gasteiger partial charge in [-0.25, -0.2) is 0 Å². The fourth-order valence-corrected chi connectivity index (χ4v) is 3.31. The molecule has 1 amide bonds. The number of hydrogen-bond acceptors (Lipinski definition) is 6. The molecule has 2 heterocycles. The van der Waals surface area contributed by atoms with Gasteiger partial charge >= 0.3 is 0 Å². The molecule has 0 aliphatic carbocycles. The topological polar surface area (TPSA) is 75.0 Å². The van der Waals surface area contributed by atoms with Crippen molar-refractivity contribution in [3.8, 4) is 5.75 Å². The van der Waals surface area contributed by atoms with Crippen molar-refractivity contribution in [3.05, 3.63) is 64.2 Å². The molecule has 0 unspecified atom stereocenters. The van der Waals surface area contributed by atoms with Crippen LogP contribution in [0, 0.1) is 5.92 Å². The van der Waals surface area contributed by atoms with Gasteiger partial charge in [-0.2, -0.15) is 0 Å². The van der Waals surface area contributed by atoms with Crippen LogP contribution in [0.3, 0.4) is 0 Å². The lowest BCUT2D eigenvalue weighted by atomic mass is 10.2. The Morgan fingerprint density at radius 1 is 1.10 bits per heavy atom. The Morgan fingerprint density at radius 2 is 1.77 bits per heavy atom. The highest BCUT2D eigenvalue weighted by molar-refractivity contribution is 5.77. The van der Waals surface area contributed by atoms with Crippen LogP contribution in [-0.2, 0) is 17.9 Å². The predicted molar refractivity (Wildman–Crippen MR) is 115 cm³/mol. The number of amides is 1. The lowest BCUT2D eigenvalue weighted by molar-refractivity contribution is -0.123. The van der Waals surface area contributed by atoms with Crippen molar-refractivity contribution >= 4 is 5.91 Å². The molecule has 1 fully saturated rings. The molecule has 7 nitrogen and oxygen atoms in total. The van der Waals surface area contributed by atoms with Crippen molar-refractivity contribution in [2.75, 3.05) is 39.3 Å². The molecule has 2 aromatic rings. The third-order valence-electron chi connectivity index (χ3n) is 5.01. The van der Waals surface area contributed by atoms with Crippen LogP contribution in [0.15, 0.2) is 51.9 Å². The molecular weight excluding hydrogens is 382 g/mol. The Hall–Kier alpha value is -2.64. The number of nitrogens with zero attached hydrogens (tertiary/aromatic N) is 2. The zero-order valence-corrected chi connectivity index (χ0v) is 17.8. The number of rotatable bonds is 9. The first-order chi connectivity index (χ1) is 14.5. The molecule has 30 heavy (non-hydrogen) atoms. The number of carbonyl (C=O) groups excluding carboxylic acids is 1. The number of benzene rings is 1. The fraction of sp³-hybridized carbons (Fsp3) is 0.478. The molecule has 3 rings (SSSR count). The molecule has 162 valence electrons. The zero-order valence-electron chi connectivity index (χ0n) is 17.8. The summed E-state index contributed by atoms with van der Waals surface area (Å²) in [5, 5.41) is 2.75. The molecule has 1 aliphatic rings. The molecule has 0 atom stereocenters. The van der Waals surface area contributed by atoms with Crippen LogP contribution in [-0.4, -0.2) is 55.0 Å². The molecule has 0 radical (unpaired) electrons. The fourth-order valence-electron chi connectivity index (χ4n) is 3.31. The molecular formula is C23H31N3O4. The second-order valence-electron chi connectivity index (χ2n) is 8.10. The summed E-state index contributed by atoms with van der Waals surface area (Å²) in [6, 6.07) is 11.9. The summed E-state index contributed by atoms with van der Waals surface area (Å²) in [6.45, 7) is 9.75. The summed E-state index contributed by atoms with van der Waals surface area (Å²) >= 11 is 0. The van der Waals surface area contributed by atoms with Crippen molar-refractivity contribution in [1.29, 1.82) is 0 Å². The SMILES string of the molecule is CC(C)CNC(=O)COc1coc(CN2CCN(Cc3ccccc3)CC2)cc1=O. The summed E-state index contributed by atoms with van der Waals surface area (Å²) in [6.07, 6.45) is 1.30. The molecule has 1 aromatic heterocycles. The van der Waals surface area contributed by atoms with Crippen LogP contribution < -0.4 is 15.5 Å². The van der Waals surface area contributed by atoms with E-state index in [9.17, 15) is 9.59 Å². The first kappa shape index (κ1) is 22.1. The van der Waals surface area contributed by atoms with E-state index in [0.717, 1.165) is 32.7 Å². The molecule has 7 heteroatoms. The van der Waals surface area contributed by atoms with Crippen LogP contribution in [0.1, 0.15) is 25.2 Å². The average Bonchev–Trinajstić information content (AvgIpc) is 2.74. The van der Waals surface area contributed by atoms with Crippen molar-refractivity contribution < 1.29 is 13.9 Å². The summed E-state index contributed by atoms with van der Waals surface area (Å²) in [5.74, 6) is 0.776. The first-order valence-corrected chi connectivity index (χ1v) is 10.5. The number of nitrogens with one attached hydrogen (secondary N) is 1. The van der Waals surface area contributed by atoms with Crippen LogP contribution in [0.2, 0.25) is 0 Å². The highest BCUT2D eigenvalue weighted by Gasteiger charge is 2.18. The predicted octanol–water partition coefficient (Wildman–Crippen LogP) is 2.11.